The van der Waals surface area contributed by atoms with Gasteiger partial charge < -0.3 is 15.6 Å². The Morgan fingerprint density at radius 3 is 2.67 bits per heavy atom. The smallest absolute Gasteiger partial charge is 0.406 e. The predicted octanol–water partition coefficient (Wildman–Crippen LogP) is 0.756. The van der Waals surface area contributed by atoms with Crippen LogP contribution in [0.25, 0.3) is 0 Å². The maximum atomic E-state index is 10.3. The van der Waals surface area contributed by atoms with Gasteiger partial charge in [-0.1, -0.05) is 30.3 Å². The highest BCUT2D eigenvalue weighted by molar-refractivity contribution is 5.64. The van der Waals surface area contributed by atoms with E-state index in [-0.39, 0.29) is 6.54 Å². The average Bonchev–Trinajstić information content (AvgIpc) is 2.25. The SMILES string of the molecule is NCC(NC(=O)O)OCc1ccccc1. The molecule has 1 amide bonds. The van der Waals surface area contributed by atoms with Crippen LogP contribution in [-0.4, -0.2) is 24.0 Å². The highest BCUT2D eigenvalue weighted by atomic mass is 16.5. The highest BCUT2D eigenvalue weighted by Crippen LogP contribution is 2.01. The quantitative estimate of drug-likeness (QED) is 0.626. The lowest BCUT2D eigenvalue weighted by atomic mass is 10.2. The van der Waals surface area contributed by atoms with Crippen molar-refractivity contribution in [1.82, 2.24) is 5.32 Å². The molecule has 0 bridgehead atoms. The summed E-state index contributed by atoms with van der Waals surface area (Å²) in [6.45, 7) is 0.447. The fraction of sp³-hybridized carbons (Fsp3) is 0.300. The van der Waals surface area contributed by atoms with Crippen LogP contribution in [0.4, 0.5) is 4.79 Å². The molecule has 4 N–H and O–H groups in total. The van der Waals surface area contributed by atoms with E-state index in [1.807, 2.05) is 30.3 Å². The number of nitrogens with two attached hydrogens (primary N) is 1. The molecule has 0 heterocycles. The minimum atomic E-state index is -1.14. The van der Waals surface area contributed by atoms with E-state index in [4.69, 9.17) is 15.6 Å². The van der Waals surface area contributed by atoms with Gasteiger partial charge in [0, 0.05) is 6.54 Å². The van der Waals surface area contributed by atoms with Crippen molar-refractivity contribution in [2.45, 2.75) is 12.8 Å². The fourth-order valence-electron chi connectivity index (χ4n) is 1.08. The molecule has 0 aliphatic carbocycles. The van der Waals surface area contributed by atoms with E-state index in [9.17, 15) is 4.79 Å². The van der Waals surface area contributed by atoms with E-state index in [1.165, 1.54) is 0 Å². The standard InChI is InChI=1S/C10H14N2O3/c11-6-9(12-10(13)14)15-7-8-4-2-1-3-5-8/h1-5,9,12H,6-7,11H2,(H,13,14). The molecule has 0 saturated carbocycles. The number of hydrogen-bond donors (Lipinski definition) is 3. The van der Waals surface area contributed by atoms with Crippen LogP contribution < -0.4 is 11.1 Å². The molecule has 0 fully saturated rings. The van der Waals surface area contributed by atoms with Crippen LogP contribution in [0, 0.1) is 0 Å². The number of carbonyl (C=O) groups is 1. The number of hydrogen-bond acceptors (Lipinski definition) is 3. The zero-order valence-electron chi connectivity index (χ0n) is 8.22. The Morgan fingerprint density at radius 2 is 2.13 bits per heavy atom. The molecule has 5 nitrogen and oxygen atoms in total. The summed E-state index contributed by atoms with van der Waals surface area (Å²) >= 11 is 0. The molecular weight excluding hydrogens is 196 g/mol. The maximum Gasteiger partial charge on any atom is 0.406 e. The van der Waals surface area contributed by atoms with Gasteiger partial charge in [-0.2, -0.15) is 0 Å². The second-order valence-electron chi connectivity index (χ2n) is 2.97. The summed E-state index contributed by atoms with van der Waals surface area (Å²) < 4.78 is 5.27. The summed E-state index contributed by atoms with van der Waals surface area (Å²) in [6.07, 6.45) is -1.80. The van der Waals surface area contributed by atoms with Gasteiger partial charge in [-0.3, -0.25) is 5.32 Å². The predicted molar refractivity (Wildman–Crippen MR) is 55.2 cm³/mol. The van der Waals surface area contributed by atoms with E-state index < -0.39 is 12.3 Å². The molecule has 0 aliphatic heterocycles. The molecule has 1 rings (SSSR count). The number of carboxylic acid groups (broad SMARTS) is 1. The van der Waals surface area contributed by atoms with Crippen LogP contribution >= 0.6 is 0 Å². The minimum absolute atomic E-state index is 0.110. The lowest BCUT2D eigenvalue weighted by Gasteiger charge is -2.15. The molecule has 0 aliphatic rings. The molecule has 1 aromatic carbocycles. The molecule has 0 spiro atoms. The molecule has 0 radical (unpaired) electrons. The van der Waals surface area contributed by atoms with Crippen LogP contribution in [0.3, 0.4) is 0 Å². The molecular formula is C10H14N2O3. The van der Waals surface area contributed by atoms with Crippen molar-refractivity contribution in [3.05, 3.63) is 35.9 Å². The van der Waals surface area contributed by atoms with E-state index >= 15 is 0 Å². The zero-order chi connectivity index (χ0) is 11.1. The summed E-state index contributed by atoms with van der Waals surface area (Å²) in [6, 6.07) is 9.48. The third-order valence-corrected chi connectivity index (χ3v) is 1.79. The third kappa shape index (κ3) is 4.44. The van der Waals surface area contributed by atoms with Gasteiger partial charge in [0.2, 0.25) is 0 Å². The number of benzene rings is 1. The van der Waals surface area contributed by atoms with Crippen molar-refractivity contribution in [1.29, 1.82) is 0 Å². The van der Waals surface area contributed by atoms with Crippen LogP contribution in [0.2, 0.25) is 0 Å². The van der Waals surface area contributed by atoms with Crippen molar-refractivity contribution >= 4 is 6.09 Å². The molecule has 1 unspecified atom stereocenters. The Morgan fingerprint density at radius 1 is 1.47 bits per heavy atom. The van der Waals surface area contributed by atoms with E-state index in [1.54, 1.807) is 0 Å². The van der Waals surface area contributed by atoms with Gasteiger partial charge >= 0.3 is 6.09 Å². The van der Waals surface area contributed by atoms with Gasteiger partial charge in [-0.05, 0) is 5.56 Å². The molecule has 0 saturated heterocycles. The van der Waals surface area contributed by atoms with Crippen molar-refractivity contribution in [2.24, 2.45) is 5.73 Å². The molecule has 82 valence electrons. The first-order valence-corrected chi connectivity index (χ1v) is 4.57. The largest absolute Gasteiger partial charge is 0.465 e. The summed E-state index contributed by atoms with van der Waals surface area (Å²) in [5.74, 6) is 0. The molecule has 1 aromatic rings. The van der Waals surface area contributed by atoms with Crippen molar-refractivity contribution in [3.8, 4) is 0 Å². The normalized spacial score (nSPS) is 12.1. The Labute approximate surface area is 87.9 Å². The van der Waals surface area contributed by atoms with E-state index in [0.29, 0.717) is 6.61 Å². The van der Waals surface area contributed by atoms with Crippen LogP contribution in [-0.2, 0) is 11.3 Å². The van der Waals surface area contributed by atoms with Crippen molar-refractivity contribution < 1.29 is 14.6 Å². The topological polar surface area (TPSA) is 84.6 Å². The molecule has 1 atom stereocenters. The van der Waals surface area contributed by atoms with Gasteiger partial charge in [0.15, 0.2) is 0 Å². The maximum absolute atomic E-state index is 10.3. The number of nitrogens with one attached hydrogen (secondary N) is 1. The fourth-order valence-corrected chi connectivity index (χ4v) is 1.08. The second-order valence-corrected chi connectivity index (χ2v) is 2.97. The monoisotopic (exact) mass is 210 g/mol. The van der Waals surface area contributed by atoms with Crippen LogP contribution in [0.15, 0.2) is 30.3 Å². The number of rotatable bonds is 5. The van der Waals surface area contributed by atoms with Gasteiger partial charge in [0.05, 0.1) is 6.61 Å². The highest BCUT2D eigenvalue weighted by Gasteiger charge is 2.08. The Balaban J connectivity index is 2.37. The van der Waals surface area contributed by atoms with Gasteiger partial charge in [0.25, 0.3) is 0 Å². The Hall–Kier alpha value is -1.59. The third-order valence-electron chi connectivity index (χ3n) is 1.79. The van der Waals surface area contributed by atoms with Gasteiger partial charge in [-0.25, -0.2) is 4.79 Å². The number of ether oxygens (including phenoxy) is 1. The zero-order valence-corrected chi connectivity index (χ0v) is 8.22. The summed E-state index contributed by atoms with van der Waals surface area (Å²) in [5, 5.41) is 10.6. The summed E-state index contributed by atoms with van der Waals surface area (Å²) in [5.41, 5.74) is 6.31. The van der Waals surface area contributed by atoms with E-state index in [0.717, 1.165) is 5.56 Å². The first-order valence-electron chi connectivity index (χ1n) is 4.57. The Bertz CT molecular complexity index is 303. The first-order chi connectivity index (χ1) is 7.22. The Kier molecular flexibility index (Phi) is 4.59. The van der Waals surface area contributed by atoms with Crippen LogP contribution in [0.1, 0.15) is 5.56 Å². The van der Waals surface area contributed by atoms with Gasteiger partial charge in [0.1, 0.15) is 6.23 Å². The van der Waals surface area contributed by atoms with Gasteiger partial charge in [-0.15, -0.1) is 0 Å². The average molecular weight is 210 g/mol. The molecule has 15 heavy (non-hydrogen) atoms. The molecule has 5 heteroatoms. The minimum Gasteiger partial charge on any atom is -0.465 e. The number of amides is 1. The molecule has 0 aromatic heterocycles. The lowest BCUT2D eigenvalue weighted by Crippen LogP contribution is -2.41. The summed E-state index contributed by atoms with van der Waals surface area (Å²) in [7, 11) is 0. The second kappa shape index (κ2) is 6.00. The van der Waals surface area contributed by atoms with Crippen molar-refractivity contribution in [2.75, 3.05) is 6.54 Å². The van der Waals surface area contributed by atoms with Crippen LogP contribution in [0.5, 0.6) is 0 Å². The summed E-state index contributed by atoms with van der Waals surface area (Å²) in [4.78, 5) is 10.3. The lowest BCUT2D eigenvalue weighted by molar-refractivity contribution is 0.0256. The van der Waals surface area contributed by atoms with E-state index in [2.05, 4.69) is 5.32 Å². The van der Waals surface area contributed by atoms with Crippen molar-refractivity contribution in [3.63, 3.8) is 0 Å². The first kappa shape index (κ1) is 11.5.